The van der Waals surface area contributed by atoms with Gasteiger partial charge in [0.2, 0.25) is 5.91 Å². The predicted octanol–water partition coefficient (Wildman–Crippen LogP) is 6.18. The Balaban J connectivity index is 1.68. The molecule has 1 aliphatic heterocycles. The van der Waals surface area contributed by atoms with Gasteiger partial charge in [-0.25, -0.2) is 13.8 Å². The lowest BCUT2D eigenvalue weighted by atomic mass is 10.0. The first-order chi connectivity index (χ1) is 15.8. The molecule has 3 aromatic rings. The lowest BCUT2D eigenvalue weighted by Crippen LogP contribution is -2.24. The summed E-state index contributed by atoms with van der Waals surface area (Å²) in [6, 6.07) is 12.9. The fourth-order valence-electron chi connectivity index (χ4n) is 4.26. The Labute approximate surface area is 193 Å². The van der Waals surface area contributed by atoms with Gasteiger partial charge < -0.3 is 10.2 Å². The molecule has 1 N–H and O–H groups in total. The van der Waals surface area contributed by atoms with Crippen LogP contribution >= 0.6 is 0 Å². The van der Waals surface area contributed by atoms with Crippen LogP contribution in [0, 0.1) is 17.6 Å². The SMILES string of the molecule is CC(C)c1ccc(CC(=O)Nc2c(-c3cc(F)ccc3F)ccnc2N2CC[C@H](C)C2)cc1. The lowest BCUT2D eigenvalue weighted by Gasteiger charge is -2.23. The minimum absolute atomic E-state index is 0.0995. The summed E-state index contributed by atoms with van der Waals surface area (Å²) in [4.78, 5) is 19.7. The fourth-order valence-corrected chi connectivity index (χ4v) is 4.26. The van der Waals surface area contributed by atoms with Crippen molar-refractivity contribution < 1.29 is 13.6 Å². The first kappa shape index (κ1) is 22.9. The topological polar surface area (TPSA) is 45.2 Å². The first-order valence-electron chi connectivity index (χ1n) is 11.4. The second-order valence-corrected chi connectivity index (χ2v) is 9.14. The van der Waals surface area contributed by atoms with Gasteiger partial charge in [0.25, 0.3) is 0 Å². The van der Waals surface area contributed by atoms with E-state index in [0.29, 0.717) is 28.9 Å². The number of rotatable bonds is 6. The number of carbonyl (C=O) groups excluding carboxylic acids is 1. The molecule has 0 aliphatic carbocycles. The third kappa shape index (κ3) is 5.21. The van der Waals surface area contributed by atoms with Gasteiger partial charge in [-0.2, -0.15) is 0 Å². The van der Waals surface area contributed by atoms with E-state index in [1.165, 1.54) is 5.56 Å². The largest absolute Gasteiger partial charge is 0.355 e. The number of aromatic nitrogens is 1. The van der Waals surface area contributed by atoms with Crippen molar-refractivity contribution in [2.75, 3.05) is 23.3 Å². The van der Waals surface area contributed by atoms with Crippen LogP contribution in [0.25, 0.3) is 11.1 Å². The highest BCUT2D eigenvalue weighted by molar-refractivity contribution is 6.00. The van der Waals surface area contributed by atoms with Gasteiger partial charge in [0.05, 0.1) is 12.1 Å². The van der Waals surface area contributed by atoms with Gasteiger partial charge in [-0.15, -0.1) is 0 Å². The van der Waals surface area contributed by atoms with Crippen molar-refractivity contribution in [1.82, 2.24) is 4.98 Å². The highest BCUT2D eigenvalue weighted by Crippen LogP contribution is 2.38. The van der Waals surface area contributed by atoms with Gasteiger partial charge in [0.1, 0.15) is 11.6 Å². The molecule has 1 amide bonds. The van der Waals surface area contributed by atoms with E-state index in [9.17, 15) is 13.6 Å². The molecule has 1 atom stereocenters. The highest BCUT2D eigenvalue weighted by atomic mass is 19.1. The third-order valence-corrected chi connectivity index (χ3v) is 6.15. The minimum atomic E-state index is -0.553. The number of pyridine rings is 1. The number of benzene rings is 2. The molecule has 0 unspecified atom stereocenters. The molecule has 4 nitrogen and oxygen atoms in total. The summed E-state index contributed by atoms with van der Waals surface area (Å²) < 4.78 is 28.7. The van der Waals surface area contributed by atoms with Crippen molar-refractivity contribution in [2.45, 2.75) is 39.5 Å². The Bertz CT molecular complexity index is 1140. The lowest BCUT2D eigenvalue weighted by molar-refractivity contribution is -0.115. The normalized spacial score (nSPS) is 15.8. The molecule has 4 rings (SSSR count). The van der Waals surface area contributed by atoms with Crippen LogP contribution in [0.3, 0.4) is 0 Å². The van der Waals surface area contributed by atoms with Crippen LogP contribution in [0.5, 0.6) is 0 Å². The number of halogens is 2. The van der Waals surface area contributed by atoms with Gasteiger partial charge in [0.15, 0.2) is 5.82 Å². The van der Waals surface area contributed by atoms with Gasteiger partial charge in [0, 0.05) is 30.4 Å². The van der Waals surface area contributed by atoms with E-state index in [1.54, 1.807) is 12.3 Å². The molecule has 1 aliphatic rings. The van der Waals surface area contributed by atoms with Gasteiger partial charge in [-0.05, 0) is 53.6 Å². The molecular weight excluding hydrogens is 420 g/mol. The van der Waals surface area contributed by atoms with Crippen molar-refractivity contribution in [3.8, 4) is 11.1 Å². The zero-order chi connectivity index (χ0) is 23.5. The maximum atomic E-state index is 14.7. The van der Waals surface area contributed by atoms with Crippen LogP contribution < -0.4 is 10.2 Å². The van der Waals surface area contributed by atoms with E-state index >= 15 is 0 Å². The van der Waals surface area contributed by atoms with Crippen molar-refractivity contribution >= 4 is 17.4 Å². The maximum Gasteiger partial charge on any atom is 0.228 e. The quantitative estimate of drug-likeness (QED) is 0.489. The number of hydrogen-bond donors (Lipinski definition) is 1. The molecule has 0 bridgehead atoms. The summed E-state index contributed by atoms with van der Waals surface area (Å²) in [5, 5.41) is 2.97. The third-order valence-electron chi connectivity index (χ3n) is 6.15. The van der Waals surface area contributed by atoms with E-state index in [0.717, 1.165) is 43.3 Å². The van der Waals surface area contributed by atoms with Gasteiger partial charge in [-0.1, -0.05) is 45.0 Å². The van der Waals surface area contributed by atoms with E-state index < -0.39 is 11.6 Å². The molecule has 2 heterocycles. The highest BCUT2D eigenvalue weighted by Gasteiger charge is 2.25. The average molecular weight is 450 g/mol. The van der Waals surface area contributed by atoms with Crippen LogP contribution in [-0.2, 0) is 11.2 Å². The Morgan fingerprint density at radius 3 is 2.55 bits per heavy atom. The van der Waals surface area contributed by atoms with E-state index in [2.05, 4.69) is 36.0 Å². The van der Waals surface area contributed by atoms with Crippen molar-refractivity contribution in [3.63, 3.8) is 0 Å². The summed E-state index contributed by atoms with van der Waals surface area (Å²) in [6.07, 6.45) is 2.77. The number of carbonyl (C=O) groups is 1. The van der Waals surface area contributed by atoms with Crippen molar-refractivity contribution in [1.29, 1.82) is 0 Å². The Morgan fingerprint density at radius 2 is 1.88 bits per heavy atom. The molecule has 1 aromatic heterocycles. The summed E-state index contributed by atoms with van der Waals surface area (Å²) in [6.45, 7) is 8.00. The minimum Gasteiger partial charge on any atom is -0.355 e. The molecule has 172 valence electrons. The molecule has 0 radical (unpaired) electrons. The van der Waals surface area contributed by atoms with Crippen LogP contribution in [-0.4, -0.2) is 24.0 Å². The number of nitrogens with one attached hydrogen (secondary N) is 1. The number of nitrogens with zero attached hydrogens (tertiary/aromatic N) is 2. The monoisotopic (exact) mass is 449 g/mol. The Morgan fingerprint density at radius 1 is 1.12 bits per heavy atom. The molecule has 0 saturated carbocycles. The number of anilines is 2. The molecule has 2 aromatic carbocycles. The zero-order valence-electron chi connectivity index (χ0n) is 19.2. The molecule has 33 heavy (non-hydrogen) atoms. The zero-order valence-corrected chi connectivity index (χ0v) is 19.2. The van der Waals surface area contributed by atoms with Crippen LogP contribution in [0.15, 0.2) is 54.7 Å². The van der Waals surface area contributed by atoms with Gasteiger partial charge in [-0.3, -0.25) is 4.79 Å². The van der Waals surface area contributed by atoms with E-state index in [1.807, 2.05) is 24.3 Å². The Hall–Kier alpha value is -3.28. The van der Waals surface area contributed by atoms with E-state index in [-0.39, 0.29) is 17.9 Å². The second kappa shape index (κ2) is 9.69. The first-order valence-corrected chi connectivity index (χ1v) is 11.4. The predicted molar refractivity (Wildman–Crippen MR) is 128 cm³/mol. The summed E-state index contributed by atoms with van der Waals surface area (Å²) in [5.74, 6) is 0.169. The molecule has 1 fully saturated rings. The standard InChI is InChI=1S/C27H29F2N3O/c1-17(2)20-6-4-19(5-7-20)14-25(33)31-26-22(23-15-21(28)8-9-24(23)29)10-12-30-27(26)32-13-11-18(3)16-32/h4-10,12,15,17-18H,11,13-14,16H2,1-3H3,(H,31,33)/t18-/m0/s1. The fraction of sp³-hybridized carbons (Fsp3) is 0.333. The average Bonchev–Trinajstić information content (AvgIpc) is 3.22. The molecule has 0 spiro atoms. The summed E-state index contributed by atoms with van der Waals surface area (Å²) in [7, 11) is 0. The molecule has 6 heteroatoms. The smallest absolute Gasteiger partial charge is 0.228 e. The van der Waals surface area contributed by atoms with Crippen LogP contribution in [0.4, 0.5) is 20.3 Å². The maximum absolute atomic E-state index is 14.7. The summed E-state index contributed by atoms with van der Waals surface area (Å²) in [5.41, 5.74) is 3.03. The molecular formula is C27H29F2N3O. The Kier molecular flexibility index (Phi) is 6.72. The number of amides is 1. The van der Waals surface area contributed by atoms with Gasteiger partial charge >= 0.3 is 0 Å². The van der Waals surface area contributed by atoms with Crippen molar-refractivity contribution in [2.24, 2.45) is 5.92 Å². The summed E-state index contributed by atoms with van der Waals surface area (Å²) >= 11 is 0. The van der Waals surface area contributed by atoms with Crippen molar-refractivity contribution in [3.05, 3.63) is 77.5 Å². The van der Waals surface area contributed by atoms with Crippen LogP contribution in [0.1, 0.15) is 44.2 Å². The second-order valence-electron chi connectivity index (χ2n) is 9.14. The van der Waals surface area contributed by atoms with Crippen LogP contribution in [0.2, 0.25) is 0 Å². The molecule has 1 saturated heterocycles. The van der Waals surface area contributed by atoms with E-state index in [4.69, 9.17) is 0 Å². The number of hydrogen-bond acceptors (Lipinski definition) is 3.